The second-order valence-electron chi connectivity index (χ2n) is 5.73. The first-order chi connectivity index (χ1) is 13.0. The summed E-state index contributed by atoms with van der Waals surface area (Å²) in [6.07, 6.45) is 5.11. The number of nitrogens with one attached hydrogen (secondary N) is 3. The Hall–Kier alpha value is -3.89. The quantitative estimate of drug-likeness (QED) is 0.491. The number of rotatable bonds is 4. The first-order valence-electron chi connectivity index (χ1n) is 7.91. The zero-order valence-electron chi connectivity index (χ0n) is 14.0. The van der Waals surface area contributed by atoms with Crippen LogP contribution in [0, 0.1) is 5.82 Å². The Labute approximate surface area is 150 Å². The van der Waals surface area contributed by atoms with Crippen molar-refractivity contribution in [2.75, 3.05) is 5.32 Å². The van der Waals surface area contributed by atoms with Gasteiger partial charge in [0.15, 0.2) is 5.65 Å². The van der Waals surface area contributed by atoms with Crippen LogP contribution in [-0.4, -0.2) is 34.5 Å². The number of aromatic amines is 2. The fourth-order valence-electron chi connectivity index (χ4n) is 2.66. The van der Waals surface area contributed by atoms with Gasteiger partial charge in [-0.1, -0.05) is 0 Å². The minimum absolute atomic E-state index is 0.119. The minimum Gasteiger partial charge on any atom is -0.318 e. The van der Waals surface area contributed by atoms with Crippen molar-refractivity contribution >= 4 is 22.8 Å². The van der Waals surface area contributed by atoms with Crippen LogP contribution in [0.25, 0.3) is 11.2 Å². The van der Waals surface area contributed by atoms with E-state index < -0.39 is 17.5 Å². The minimum atomic E-state index is -0.503. The summed E-state index contributed by atoms with van der Waals surface area (Å²) in [6.45, 7) is 1.75. The van der Waals surface area contributed by atoms with E-state index in [0.717, 1.165) is 6.20 Å². The molecule has 4 aromatic rings. The summed E-state index contributed by atoms with van der Waals surface area (Å²) in [7, 11) is 0. The van der Waals surface area contributed by atoms with Gasteiger partial charge in [-0.15, -0.1) is 0 Å². The highest BCUT2D eigenvalue weighted by Gasteiger charge is 2.18. The molecule has 0 radical (unpaired) electrons. The van der Waals surface area contributed by atoms with Crippen LogP contribution in [0.3, 0.4) is 0 Å². The molecule has 0 aliphatic heterocycles. The Balaban J connectivity index is 1.78. The average Bonchev–Trinajstić information content (AvgIpc) is 2.99. The van der Waals surface area contributed by atoms with Crippen LogP contribution in [0.2, 0.25) is 0 Å². The summed E-state index contributed by atoms with van der Waals surface area (Å²) in [5.74, 6) is -0.347. The van der Waals surface area contributed by atoms with E-state index >= 15 is 0 Å². The number of imidazole rings is 1. The molecule has 0 aliphatic carbocycles. The molecule has 4 heterocycles. The van der Waals surface area contributed by atoms with Crippen molar-refractivity contribution in [1.82, 2.24) is 34.5 Å². The standard InChI is InChI=1S/C16H13FN8O2/c1-8(10-3-2-9(17)4-19-10)25-13-11(23-16(25)27)6-20-15(24-13)22-12-5-18-7-21-14(12)26/h2-8H,1H3,(H,23,27)(H,18,21,26)(H,20,22,24). The molecule has 0 aliphatic rings. The van der Waals surface area contributed by atoms with E-state index in [1.807, 2.05) is 0 Å². The number of aromatic nitrogens is 7. The lowest BCUT2D eigenvalue weighted by molar-refractivity contribution is 0.592. The molecule has 4 aromatic heterocycles. The van der Waals surface area contributed by atoms with E-state index in [9.17, 15) is 14.0 Å². The second kappa shape index (κ2) is 6.44. The van der Waals surface area contributed by atoms with Crippen molar-refractivity contribution in [1.29, 1.82) is 0 Å². The lowest BCUT2D eigenvalue weighted by Gasteiger charge is -2.12. The van der Waals surface area contributed by atoms with Gasteiger partial charge in [0.1, 0.15) is 17.0 Å². The Kier molecular flexibility index (Phi) is 3.95. The van der Waals surface area contributed by atoms with Crippen LogP contribution in [0.15, 0.2) is 46.6 Å². The SMILES string of the molecule is CC(c1ccc(F)cn1)n1c(=O)[nH]c2cnc(Nc3cnc[nH]c3=O)nc21. The van der Waals surface area contributed by atoms with Gasteiger partial charge >= 0.3 is 5.69 Å². The predicted molar refractivity (Wildman–Crippen MR) is 94.3 cm³/mol. The summed E-state index contributed by atoms with van der Waals surface area (Å²) >= 11 is 0. The molecule has 0 spiro atoms. The molecule has 0 bridgehead atoms. The van der Waals surface area contributed by atoms with Crippen molar-refractivity contribution < 1.29 is 4.39 Å². The van der Waals surface area contributed by atoms with Crippen LogP contribution in [0.1, 0.15) is 18.7 Å². The number of hydrogen-bond acceptors (Lipinski definition) is 7. The highest BCUT2D eigenvalue weighted by atomic mass is 19.1. The van der Waals surface area contributed by atoms with Gasteiger partial charge in [0.2, 0.25) is 5.95 Å². The van der Waals surface area contributed by atoms with Gasteiger partial charge in [-0.3, -0.25) is 14.3 Å². The molecule has 0 saturated heterocycles. The highest BCUT2D eigenvalue weighted by Crippen LogP contribution is 2.19. The Bertz CT molecular complexity index is 1230. The van der Waals surface area contributed by atoms with E-state index in [-0.39, 0.29) is 17.2 Å². The molecule has 0 saturated carbocycles. The van der Waals surface area contributed by atoms with Crippen molar-refractivity contribution in [3.8, 4) is 0 Å². The first-order valence-corrected chi connectivity index (χ1v) is 7.91. The maximum absolute atomic E-state index is 13.1. The molecule has 1 unspecified atom stereocenters. The molecule has 0 amide bonds. The third-order valence-electron chi connectivity index (χ3n) is 3.99. The topological polar surface area (TPSA) is 134 Å². The van der Waals surface area contributed by atoms with Crippen LogP contribution in [0.5, 0.6) is 0 Å². The number of fused-ring (bicyclic) bond motifs is 1. The Morgan fingerprint density at radius 2 is 2.04 bits per heavy atom. The van der Waals surface area contributed by atoms with Crippen LogP contribution in [-0.2, 0) is 0 Å². The molecule has 136 valence electrons. The fourth-order valence-corrected chi connectivity index (χ4v) is 2.66. The van der Waals surface area contributed by atoms with Crippen LogP contribution in [0.4, 0.5) is 16.0 Å². The molecule has 3 N–H and O–H groups in total. The van der Waals surface area contributed by atoms with Crippen molar-refractivity contribution in [3.05, 3.63) is 69.4 Å². The summed E-state index contributed by atoms with van der Waals surface area (Å²) in [5.41, 5.74) is 0.597. The predicted octanol–water partition coefficient (Wildman–Crippen LogP) is 1.09. The zero-order valence-corrected chi connectivity index (χ0v) is 14.0. The van der Waals surface area contributed by atoms with Gasteiger partial charge in [-0.05, 0) is 19.1 Å². The molecular weight excluding hydrogens is 355 g/mol. The Morgan fingerprint density at radius 1 is 1.19 bits per heavy atom. The number of anilines is 2. The van der Waals surface area contributed by atoms with Gasteiger partial charge < -0.3 is 15.3 Å². The maximum Gasteiger partial charge on any atom is 0.328 e. The summed E-state index contributed by atoms with van der Waals surface area (Å²) < 4.78 is 14.5. The lowest BCUT2D eigenvalue weighted by Crippen LogP contribution is -2.22. The third kappa shape index (κ3) is 3.05. The normalized spacial score (nSPS) is 12.2. The summed E-state index contributed by atoms with van der Waals surface area (Å²) in [4.78, 5) is 45.5. The molecule has 11 heteroatoms. The molecule has 27 heavy (non-hydrogen) atoms. The number of hydrogen-bond donors (Lipinski definition) is 3. The van der Waals surface area contributed by atoms with Gasteiger partial charge in [-0.25, -0.2) is 19.2 Å². The van der Waals surface area contributed by atoms with E-state index in [1.165, 1.54) is 35.4 Å². The number of H-pyrrole nitrogens is 2. The number of nitrogens with zero attached hydrogens (tertiary/aromatic N) is 5. The molecule has 4 rings (SSSR count). The van der Waals surface area contributed by atoms with Gasteiger partial charge in [0.25, 0.3) is 5.56 Å². The van der Waals surface area contributed by atoms with E-state index in [4.69, 9.17) is 0 Å². The second-order valence-corrected chi connectivity index (χ2v) is 5.73. The molecule has 1 atom stereocenters. The van der Waals surface area contributed by atoms with Gasteiger partial charge in [0.05, 0.1) is 36.7 Å². The van der Waals surface area contributed by atoms with Gasteiger partial charge in [0, 0.05) is 0 Å². The third-order valence-corrected chi connectivity index (χ3v) is 3.99. The molecular formula is C16H13FN8O2. The van der Waals surface area contributed by atoms with Crippen LogP contribution >= 0.6 is 0 Å². The van der Waals surface area contributed by atoms with E-state index in [1.54, 1.807) is 6.92 Å². The highest BCUT2D eigenvalue weighted by molar-refractivity contribution is 5.72. The van der Waals surface area contributed by atoms with Crippen molar-refractivity contribution in [2.45, 2.75) is 13.0 Å². The average molecular weight is 368 g/mol. The monoisotopic (exact) mass is 368 g/mol. The van der Waals surface area contributed by atoms with Crippen LogP contribution < -0.4 is 16.6 Å². The first kappa shape index (κ1) is 16.6. The van der Waals surface area contributed by atoms with E-state index in [2.05, 4.69) is 35.2 Å². The molecule has 10 nitrogen and oxygen atoms in total. The smallest absolute Gasteiger partial charge is 0.318 e. The maximum atomic E-state index is 13.1. The molecule has 0 aromatic carbocycles. The lowest BCUT2D eigenvalue weighted by atomic mass is 10.2. The molecule has 0 fully saturated rings. The largest absolute Gasteiger partial charge is 0.328 e. The zero-order chi connectivity index (χ0) is 19.0. The fraction of sp³-hybridized carbons (Fsp3) is 0.125. The summed E-state index contributed by atoms with van der Waals surface area (Å²) in [6, 6.07) is 2.27. The Morgan fingerprint density at radius 3 is 2.78 bits per heavy atom. The van der Waals surface area contributed by atoms with Crippen molar-refractivity contribution in [2.24, 2.45) is 0 Å². The number of pyridine rings is 1. The number of halogens is 1. The van der Waals surface area contributed by atoms with Crippen molar-refractivity contribution in [3.63, 3.8) is 0 Å². The van der Waals surface area contributed by atoms with Gasteiger partial charge in [-0.2, -0.15) is 4.98 Å². The summed E-state index contributed by atoms with van der Waals surface area (Å²) in [5, 5.41) is 2.76. The van der Waals surface area contributed by atoms with E-state index in [0.29, 0.717) is 16.9 Å².